The Balaban J connectivity index is 2.47. The van der Waals surface area contributed by atoms with E-state index in [-0.39, 0.29) is 5.91 Å². The van der Waals surface area contributed by atoms with E-state index >= 15 is 0 Å². The van der Waals surface area contributed by atoms with Gasteiger partial charge in [-0.3, -0.25) is 4.79 Å². The van der Waals surface area contributed by atoms with Gasteiger partial charge < -0.3 is 16.0 Å². The molecular weight excluding hydrogens is 286 g/mol. The van der Waals surface area contributed by atoms with Crippen molar-refractivity contribution in [1.82, 2.24) is 15.3 Å². The lowest BCUT2D eigenvalue weighted by molar-refractivity contribution is -0.120. The molecule has 0 saturated carbocycles. The normalized spacial score (nSPS) is 10.5. The van der Waals surface area contributed by atoms with Crippen LogP contribution in [0.2, 0.25) is 0 Å². The van der Waals surface area contributed by atoms with Crippen molar-refractivity contribution in [1.29, 1.82) is 0 Å². The summed E-state index contributed by atoms with van der Waals surface area (Å²) in [4.78, 5) is 20.4. The molecule has 0 spiro atoms. The third-order valence-electron chi connectivity index (χ3n) is 2.61. The zero-order valence-electron chi connectivity index (χ0n) is 13.2. The van der Waals surface area contributed by atoms with Crippen LogP contribution in [0.25, 0.3) is 0 Å². The number of anilines is 2. The second-order valence-corrected chi connectivity index (χ2v) is 5.80. The second kappa shape index (κ2) is 9.44. The van der Waals surface area contributed by atoms with Gasteiger partial charge in [-0.2, -0.15) is 0 Å². The minimum atomic E-state index is 0.0576. The molecule has 0 fully saturated rings. The molecule has 1 aromatic rings. The predicted octanol–water partition coefficient (Wildman–Crippen LogP) is 2.20. The molecule has 0 saturated heterocycles. The molecule has 21 heavy (non-hydrogen) atoms. The molecule has 0 radical (unpaired) electrons. The lowest BCUT2D eigenvalue weighted by Crippen LogP contribution is -2.28. The van der Waals surface area contributed by atoms with Crippen LogP contribution in [-0.2, 0) is 4.79 Å². The standard InChI is InChI=1S/C14H25N5OS/c1-5-15-11-8-12(19-14(18-11)21-4)16-7-6-13(20)17-9-10(2)3/h8,10H,5-7,9H2,1-4H3,(H,17,20)(H2,15,16,18,19). The molecule has 7 heteroatoms. The molecule has 0 aromatic carbocycles. The molecule has 1 amide bonds. The zero-order chi connectivity index (χ0) is 15.7. The van der Waals surface area contributed by atoms with Gasteiger partial charge >= 0.3 is 0 Å². The van der Waals surface area contributed by atoms with E-state index in [1.54, 1.807) is 0 Å². The summed E-state index contributed by atoms with van der Waals surface area (Å²) in [5, 5.41) is 9.95. The van der Waals surface area contributed by atoms with Crippen LogP contribution in [0.1, 0.15) is 27.2 Å². The fraction of sp³-hybridized carbons (Fsp3) is 0.643. The first-order chi connectivity index (χ1) is 10.0. The van der Waals surface area contributed by atoms with Crippen LogP contribution in [0.15, 0.2) is 11.2 Å². The van der Waals surface area contributed by atoms with E-state index in [2.05, 4.69) is 39.8 Å². The number of amides is 1. The van der Waals surface area contributed by atoms with Gasteiger partial charge in [0.2, 0.25) is 5.91 Å². The maximum atomic E-state index is 11.6. The maximum absolute atomic E-state index is 11.6. The number of nitrogens with zero attached hydrogens (tertiary/aromatic N) is 2. The monoisotopic (exact) mass is 311 g/mol. The molecule has 6 nitrogen and oxygen atoms in total. The predicted molar refractivity (Wildman–Crippen MR) is 88.9 cm³/mol. The van der Waals surface area contributed by atoms with Crippen molar-refractivity contribution in [3.05, 3.63) is 6.07 Å². The number of nitrogens with one attached hydrogen (secondary N) is 3. The Kier molecular flexibility index (Phi) is 7.89. The van der Waals surface area contributed by atoms with Gasteiger partial charge in [0, 0.05) is 32.1 Å². The summed E-state index contributed by atoms with van der Waals surface area (Å²) in [6.45, 7) is 8.25. The summed E-state index contributed by atoms with van der Waals surface area (Å²) in [5.41, 5.74) is 0. The van der Waals surface area contributed by atoms with Crippen LogP contribution in [0.5, 0.6) is 0 Å². The van der Waals surface area contributed by atoms with Gasteiger partial charge in [-0.1, -0.05) is 25.6 Å². The summed E-state index contributed by atoms with van der Waals surface area (Å²) < 4.78 is 0. The van der Waals surface area contributed by atoms with Crippen molar-refractivity contribution in [3.63, 3.8) is 0 Å². The van der Waals surface area contributed by atoms with Gasteiger partial charge in [-0.25, -0.2) is 9.97 Å². The molecule has 1 aromatic heterocycles. The highest BCUT2D eigenvalue weighted by molar-refractivity contribution is 7.98. The first kappa shape index (κ1) is 17.6. The minimum absolute atomic E-state index is 0.0576. The van der Waals surface area contributed by atoms with E-state index < -0.39 is 0 Å². The molecule has 1 heterocycles. The Bertz CT molecular complexity index is 453. The van der Waals surface area contributed by atoms with E-state index in [1.807, 2.05) is 19.2 Å². The Hall–Kier alpha value is -1.50. The van der Waals surface area contributed by atoms with Crippen molar-refractivity contribution in [2.75, 3.05) is 36.5 Å². The SMILES string of the molecule is CCNc1cc(NCCC(=O)NCC(C)C)nc(SC)n1. The molecule has 0 aliphatic carbocycles. The average molecular weight is 311 g/mol. The molecule has 3 N–H and O–H groups in total. The Morgan fingerprint density at radius 1 is 1.29 bits per heavy atom. The van der Waals surface area contributed by atoms with Gasteiger partial charge in [0.1, 0.15) is 11.6 Å². The summed E-state index contributed by atoms with van der Waals surface area (Å²) >= 11 is 1.49. The number of thioether (sulfide) groups is 1. The van der Waals surface area contributed by atoms with E-state index in [9.17, 15) is 4.79 Å². The second-order valence-electron chi connectivity index (χ2n) is 5.03. The van der Waals surface area contributed by atoms with Crippen LogP contribution in [0.4, 0.5) is 11.6 Å². The molecule has 0 aliphatic heterocycles. The van der Waals surface area contributed by atoms with Gasteiger partial charge in [-0.05, 0) is 19.1 Å². The lowest BCUT2D eigenvalue weighted by atomic mass is 10.2. The van der Waals surface area contributed by atoms with Crippen molar-refractivity contribution in [2.24, 2.45) is 5.92 Å². The van der Waals surface area contributed by atoms with E-state index in [1.165, 1.54) is 11.8 Å². The van der Waals surface area contributed by atoms with Crippen LogP contribution in [0.3, 0.4) is 0 Å². The fourth-order valence-corrected chi connectivity index (χ4v) is 1.97. The Labute approximate surface area is 130 Å². The molecule has 0 atom stereocenters. The van der Waals surface area contributed by atoms with Crippen LogP contribution >= 0.6 is 11.8 Å². The highest BCUT2D eigenvalue weighted by Gasteiger charge is 2.05. The first-order valence-corrected chi connectivity index (χ1v) is 8.45. The van der Waals surface area contributed by atoms with E-state index in [0.717, 1.165) is 18.2 Å². The quantitative estimate of drug-likeness (QED) is 0.479. The molecule has 1 rings (SSSR count). The van der Waals surface area contributed by atoms with Gasteiger partial charge in [0.15, 0.2) is 5.16 Å². The topological polar surface area (TPSA) is 78.9 Å². The van der Waals surface area contributed by atoms with Gasteiger partial charge in [0.25, 0.3) is 0 Å². The molecule has 0 unspecified atom stereocenters. The zero-order valence-corrected chi connectivity index (χ0v) is 14.0. The third-order valence-corrected chi connectivity index (χ3v) is 3.16. The number of aromatic nitrogens is 2. The average Bonchev–Trinajstić information content (AvgIpc) is 2.45. The van der Waals surface area contributed by atoms with Crippen LogP contribution in [0, 0.1) is 5.92 Å². The fourth-order valence-electron chi connectivity index (χ4n) is 1.59. The van der Waals surface area contributed by atoms with Crippen molar-refractivity contribution >= 4 is 29.3 Å². The third kappa shape index (κ3) is 7.17. The van der Waals surface area contributed by atoms with Crippen molar-refractivity contribution < 1.29 is 4.79 Å². The highest BCUT2D eigenvalue weighted by Crippen LogP contribution is 2.17. The van der Waals surface area contributed by atoms with Gasteiger partial charge in [0.05, 0.1) is 0 Å². The lowest BCUT2D eigenvalue weighted by Gasteiger charge is -2.10. The molecular formula is C14H25N5OS. The van der Waals surface area contributed by atoms with E-state index in [0.29, 0.717) is 30.6 Å². The van der Waals surface area contributed by atoms with Crippen LogP contribution < -0.4 is 16.0 Å². The number of carbonyl (C=O) groups excluding carboxylic acids is 1. The maximum Gasteiger partial charge on any atom is 0.221 e. The summed E-state index contributed by atoms with van der Waals surface area (Å²) in [5.74, 6) is 2.06. The first-order valence-electron chi connectivity index (χ1n) is 7.22. The summed E-state index contributed by atoms with van der Waals surface area (Å²) in [6, 6.07) is 1.86. The number of hydrogen-bond donors (Lipinski definition) is 3. The number of rotatable bonds is 9. The minimum Gasteiger partial charge on any atom is -0.370 e. The highest BCUT2D eigenvalue weighted by atomic mass is 32.2. The summed E-state index contributed by atoms with van der Waals surface area (Å²) in [7, 11) is 0. The van der Waals surface area contributed by atoms with Crippen LogP contribution in [-0.4, -0.2) is 41.8 Å². The largest absolute Gasteiger partial charge is 0.370 e. The van der Waals surface area contributed by atoms with Crippen molar-refractivity contribution in [2.45, 2.75) is 32.3 Å². The molecule has 0 bridgehead atoms. The number of hydrogen-bond acceptors (Lipinski definition) is 6. The number of carbonyl (C=O) groups is 1. The van der Waals surface area contributed by atoms with Crippen molar-refractivity contribution in [3.8, 4) is 0 Å². The van der Waals surface area contributed by atoms with Gasteiger partial charge in [-0.15, -0.1) is 0 Å². The Morgan fingerprint density at radius 2 is 1.95 bits per heavy atom. The summed E-state index contributed by atoms with van der Waals surface area (Å²) in [6.07, 6.45) is 2.37. The Morgan fingerprint density at radius 3 is 2.52 bits per heavy atom. The molecule has 0 aliphatic rings. The van der Waals surface area contributed by atoms with E-state index in [4.69, 9.17) is 0 Å². The molecule has 118 valence electrons. The smallest absolute Gasteiger partial charge is 0.221 e.